The fourth-order valence-corrected chi connectivity index (χ4v) is 6.35. The van der Waals surface area contributed by atoms with E-state index in [-0.39, 0.29) is 12.1 Å². The third-order valence-corrected chi connectivity index (χ3v) is 8.44. The predicted octanol–water partition coefficient (Wildman–Crippen LogP) is 5.04. The van der Waals surface area contributed by atoms with Crippen LogP contribution in [0.3, 0.4) is 0 Å². The molecule has 2 aromatic heterocycles. The van der Waals surface area contributed by atoms with Crippen molar-refractivity contribution in [2.24, 2.45) is 0 Å². The minimum absolute atomic E-state index is 0.0126. The van der Waals surface area contributed by atoms with E-state index in [4.69, 9.17) is 26.1 Å². The van der Waals surface area contributed by atoms with Crippen molar-refractivity contribution in [3.63, 3.8) is 0 Å². The van der Waals surface area contributed by atoms with Crippen LogP contribution in [0.2, 0.25) is 4.34 Å². The predicted molar refractivity (Wildman–Crippen MR) is 142 cm³/mol. The van der Waals surface area contributed by atoms with E-state index in [1.807, 2.05) is 26.0 Å². The number of halogens is 1. The number of ether oxygens (including phenoxy) is 2. The highest BCUT2D eigenvalue weighted by Crippen LogP contribution is 2.31. The van der Waals surface area contributed by atoms with Crippen LogP contribution in [0.4, 0.5) is 10.9 Å². The van der Waals surface area contributed by atoms with Gasteiger partial charge in [0.1, 0.15) is 10.2 Å². The van der Waals surface area contributed by atoms with Gasteiger partial charge in [-0.1, -0.05) is 35.4 Å². The number of thiazole rings is 1. The number of rotatable bonds is 7. The van der Waals surface area contributed by atoms with Crippen LogP contribution in [0.15, 0.2) is 24.4 Å². The zero-order valence-corrected chi connectivity index (χ0v) is 22.7. The van der Waals surface area contributed by atoms with Crippen molar-refractivity contribution >= 4 is 39.8 Å². The number of amides is 1. The molecule has 3 aliphatic heterocycles. The van der Waals surface area contributed by atoms with Crippen LogP contribution in [-0.2, 0) is 14.3 Å². The summed E-state index contributed by atoms with van der Waals surface area (Å²) in [5.74, 6) is 0.919. The average molecular weight is 534 g/mol. The van der Waals surface area contributed by atoms with E-state index >= 15 is 0 Å². The molecule has 8 nitrogen and oxygen atoms in total. The second kappa shape index (κ2) is 11.3. The molecule has 2 atom stereocenters. The van der Waals surface area contributed by atoms with Gasteiger partial charge in [-0.25, -0.2) is 9.97 Å². The SMILES string of the molecule is CC1(C)OCC(CCN2CCCC[C@H]2C(=O)N2CCC(c3cccc(Nc4ncc(Cl)s4)n3)CC2)O1. The molecular weight excluding hydrogens is 498 g/mol. The van der Waals surface area contributed by atoms with E-state index in [2.05, 4.69) is 26.2 Å². The van der Waals surface area contributed by atoms with Crippen molar-refractivity contribution in [1.29, 1.82) is 0 Å². The number of anilines is 2. The molecule has 36 heavy (non-hydrogen) atoms. The zero-order valence-electron chi connectivity index (χ0n) is 21.1. The van der Waals surface area contributed by atoms with Crippen LogP contribution in [-0.4, -0.2) is 76.4 Å². The summed E-state index contributed by atoms with van der Waals surface area (Å²) in [7, 11) is 0. The van der Waals surface area contributed by atoms with Gasteiger partial charge in [-0.05, 0) is 64.6 Å². The normalized spacial score (nSPS) is 25.2. The summed E-state index contributed by atoms with van der Waals surface area (Å²) in [6.45, 7) is 7.98. The number of carbonyl (C=O) groups is 1. The lowest BCUT2D eigenvalue weighted by atomic mass is 9.92. The first kappa shape index (κ1) is 25.9. The highest BCUT2D eigenvalue weighted by molar-refractivity contribution is 7.19. The topological polar surface area (TPSA) is 79.8 Å². The molecule has 5 heterocycles. The van der Waals surface area contributed by atoms with Gasteiger partial charge in [0, 0.05) is 31.2 Å². The summed E-state index contributed by atoms with van der Waals surface area (Å²) in [5.41, 5.74) is 1.07. The van der Waals surface area contributed by atoms with Crippen LogP contribution in [0.25, 0.3) is 0 Å². The van der Waals surface area contributed by atoms with Crippen LogP contribution in [0.1, 0.15) is 64.0 Å². The first-order chi connectivity index (χ1) is 17.4. The molecule has 3 aliphatic rings. The Labute approximate surface area is 222 Å². The highest BCUT2D eigenvalue weighted by Gasteiger charge is 2.36. The number of pyridine rings is 1. The van der Waals surface area contributed by atoms with Crippen molar-refractivity contribution in [3.05, 3.63) is 34.4 Å². The zero-order chi connectivity index (χ0) is 25.1. The van der Waals surface area contributed by atoms with Crippen molar-refractivity contribution in [1.82, 2.24) is 19.8 Å². The minimum Gasteiger partial charge on any atom is -0.348 e. The molecule has 196 valence electrons. The Morgan fingerprint density at radius 3 is 2.78 bits per heavy atom. The minimum atomic E-state index is -0.495. The summed E-state index contributed by atoms with van der Waals surface area (Å²) in [5, 5.41) is 3.97. The molecule has 5 rings (SSSR count). The number of aromatic nitrogens is 2. The Kier molecular flexibility index (Phi) is 8.12. The van der Waals surface area contributed by atoms with Gasteiger partial charge in [0.25, 0.3) is 0 Å². The number of hydrogen-bond donors (Lipinski definition) is 1. The Hall–Kier alpha value is -1.78. The molecule has 0 aliphatic carbocycles. The van der Waals surface area contributed by atoms with Gasteiger partial charge in [0.2, 0.25) is 5.91 Å². The lowest BCUT2D eigenvalue weighted by Gasteiger charge is -2.40. The summed E-state index contributed by atoms with van der Waals surface area (Å²) in [4.78, 5) is 27.1. The second-order valence-corrected chi connectivity index (χ2v) is 12.1. The monoisotopic (exact) mass is 533 g/mol. The molecule has 10 heteroatoms. The van der Waals surface area contributed by atoms with Crippen molar-refractivity contribution in [2.45, 2.75) is 76.2 Å². The summed E-state index contributed by atoms with van der Waals surface area (Å²) >= 11 is 7.38. The smallest absolute Gasteiger partial charge is 0.239 e. The third kappa shape index (κ3) is 6.37. The summed E-state index contributed by atoms with van der Waals surface area (Å²) < 4.78 is 12.3. The van der Waals surface area contributed by atoms with Crippen LogP contribution < -0.4 is 5.32 Å². The molecule has 1 amide bonds. The lowest BCUT2D eigenvalue weighted by Crippen LogP contribution is -2.53. The van der Waals surface area contributed by atoms with E-state index in [9.17, 15) is 4.79 Å². The van der Waals surface area contributed by atoms with E-state index < -0.39 is 5.79 Å². The lowest BCUT2D eigenvalue weighted by molar-refractivity contribution is -0.143. The largest absolute Gasteiger partial charge is 0.348 e. The van der Waals surface area contributed by atoms with Crippen LogP contribution in [0, 0.1) is 0 Å². The summed E-state index contributed by atoms with van der Waals surface area (Å²) in [6.07, 6.45) is 7.73. The number of hydrogen-bond acceptors (Lipinski definition) is 8. The first-order valence-electron chi connectivity index (χ1n) is 13.1. The number of piperidine rings is 2. The van der Waals surface area contributed by atoms with Gasteiger partial charge in [-0.2, -0.15) is 0 Å². The third-order valence-electron chi connectivity index (χ3n) is 7.41. The maximum absolute atomic E-state index is 13.6. The van der Waals surface area contributed by atoms with Crippen LogP contribution >= 0.6 is 22.9 Å². The molecule has 2 aromatic rings. The standard InChI is InChI=1S/C26H36ClN5O3S/c1-26(2)34-17-19(35-26)11-15-31-12-4-3-7-21(31)24(33)32-13-9-18(10-14-32)20-6-5-8-23(29-20)30-25-28-16-22(27)36-25/h5-6,8,16,18-19,21H,3-4,7,9-15,17H2,1-2H3,(H,28,29,30)/t19?,21-/m0/s1. The molecule has 0 saturated carbocycles. The fourth-order valence-electron chi connectivity index (χ4n) is 5.53. The molecule has 0 spiro atoms. The number of nitrogens with one attached hydrogen (secondary N) is 1. The Morgan fingerprint density at radius 1 is 1.22 bits per heavy atom. The molecule has 1 N–H and O–H groups in total. The molecule has 0 aromatic carbocycles. The Bertz CT molecular complexity index is 1040. The molecule has 0 bridgehead atoms. The van der Waals surface area contributed by atoms with Crippen molar-refractivity contribution in [2.75, 3.05) is 38.1 Å². The van der Waals surface area contributed by atoms with Gasteiger partial charge in [0.05, 0.1) is 24.9 Å². The molecule has 3 fully saturated rings. The van der Waals surface area contributed by atoms with Gasteiger partial charge in [-0.3, -0.25) is 9.69 Å². The molecule has 1 unspecified atom stereocenters. The number of likely N-dealkylation sites (tertiary alicyclic amines) is 2. The van der Waals surface area contributed by atoms with E-state index in [0.717, 1.165) is 81.3 Å². The van der Waals surface area contributed by atoms with Crippen LogP contribution in [0.5, 0.6) is 0 Å². The molecule has 3 saturated heterocycles. The quantitative estimate of drug-likeness (QED) is 0.534. The van der Waals surface area contributed by atoms with Gasteiger partial charge >= 0.3 is 0 Å². The van der Waals surface area contributed by atoms with Gasteiger partial charge in [0.15, 0.2) is 10.9 Å². The van der Waals surface area contributed by atoms with Crippen molar-refractivity contribution in [3.8, 4) is 0 Å². The van der Waals surface area contributed by atoms with E-state index in [0.29, 0.717) is 22.8 Å². The number of nitrogens with zero attached hydrogens (tertiary/aromatic N) is 4. The highest BCUT2D eigenvalue weighted by atomic mass is 35.5. The first-order valence-corrected chi connectivity index (χ1v) is 14.3. The van der Waals surface area contributed by atoms with Crippen molar-refractivity contribution < 1.29 is 14.3 Å². The fraction of sp³-hybridized carbons (Fsp3) is 0.654. The maximum atomic E-state index is 13.6. The Balaban J connectivity index is 1.14. The number of carbonyl (C=O) groups excluding carboxylic acids is 1. The maximum Gasteiger partial charge on any atom is 0.239 e. The van der Waals surface area contributed by atoms with Gasteiger partial charge < -0.3 is 19.7 Å². The van der Waals surface area contributed by atoms with E-state index in [1.165, 1.54) is 11.3 Å². The summed E-state index contributed by atoms with van der Waals surface area (Å²) in [6, 6.07) is 6.04. The van der Waals surface area contributed by atoms with E-state index in [1.54, 1.807) is 6.20 Å². The second-order valence-electron chi connectivity index (χ2n) is 10.4. The molecular formula is C26H36ClN5O3S. The Morgan fingerprint density at radius 2 is 2.06 bits per heavy atom. The van der Waals surface area contributed by atoms with Gasteiger partial charge in [-0.15, -0.1) is 0 Å². The average Bonchev–Trinajstić information content (AvgIpc) is 3.46. The molecule has 0 radical (unpaired) electrons.